The molecule has 2 aliphatic rings. The number of aliphatic carboxylic acids is 1. The molecule has 2 heterocycles. The number of carboxylic acids is 1. The lowest BCUT2D eigenvalue weighted by Crippen LogP contribution is -2.34. The van der Waals surface area contributed by atoms with E-state index in [9.17, 15) is 14.7 Å². The minimum Gasteiger partial charge on any atom is -0.490 e. The average molecular weight is 466 g/mol. The summed E-state index contributed by atoms with van der Waals surface area (Å²) in [4.78, 5) is 26.0. The Balaban J connectivity index is 1.43. The molecule has 1 amide bonds. The number of hydrazone groups is 1. The quantitative estimate of drug-likeness (QED) is 0.630. The Bertz CT molecular complexity index is 1050. The van der Waals surface area contributed by atoms with Crippen LogP contribution >= 0.6 is 0 Å². The van der Waals surface area contributed by atoms with Gasteiger partial charge in [0.1, 0.15) is 11.9 Å². The third kappa shape index (κ3) is 5.56. The number of amides is 1. The van der Waals surface area contributed by atoms with E-state index in [2.05, 4.69) is 5.10 Å². The highest BCUT2D eigenvalue weighted by Gasteiger charge is 2.31. The molecule has 0 bridgehead atoms. The number of nitrogens with zero attached hydrogens (tertiary/aromatic N) is 3. The van der Waals surface area contributed by atoms with Crippen LogP contribution < -0.4 is 9.64 Å². The number of benzene rings is 2. The molecule has 1 saturated heterocycles. The van der Waals surface area contributed by atoms with Crippen molar-refractivity contribution < 1.29 is 24.2 Å². The van der Waals surface area contributed by atoms with Crippen molar-refractivity contribution in [2.24, 2.45) is 11.0 Å². The van der Waals surface area contributed by atoms with Gasteiger partial charge >= 0.3 is 5.97 Å². The molecule has 2 unspecified atom stereocenters. The summed E-state index contributed by atoms with van der Waals surface area (Å²) in [5.41, 5.74) is 3.21. The molecule has 180 valence electrons. The van der Waals surface area contributed by atoms with Crippen LogP contribution in [0.4, 0.5) is 5.69 Å². The molecule has 0 aliphatic carbocycles. The van der Waals surface area contributed by atoms with E-state index in [0.29, 0.717) is 30.9 Å². The Morgan fingerprint density at radius 2 is 1.91 bits per heavy atom. The topological polar surface area (TPSA) is 91.7 Å². The summed E-state index contributed by atoms with van der Waals surface area (Å²) in [5.74, 6) is -0.351. The van der Waals surface area contributed by atoms with Crippen molar-refractivity contribution in [3.05, 3.63) is 59.2 Å². The molecule has 8 nitrogen and oxygen atoms in total. The molecular weight excluding hydrogens is 434 g/mol. The predicted molar refractivity (Wildman–Crippen MR) is 130 cm³/mol. The normalized spacial score (nSPS) is 20.0. The van der Waals surface area contributed by atoms with Gasteiger partial charge in [0.2, 0.25) is 0 Å². The molecule has 34 heavy (non-hydrogen) atoms. The molecule has 0 aromatic heterocycles. The minimum atomic E-state index is -0.817. The molecular formula is C26H31N3O5. The Labute approximate surface area is 199 Å². The maximum absolute atomic E-state index is 13.2. The summed E-state index contributed by atoms with van der Waals surface area (Å²) in [7, 11) is 1.75. The van der Waals surface area contributed by atoms with Gasteiger partial charge in [-0.2, -0.15) is 5.10 Å². The lowest BCUT2D eigenvalue weighted by molar-refractivity contribution is -0.139. The van der Waals surface area contributed by atoms with Crippen LogP contribution in [0.15, 0.2) is 47.6 Å². The standard InChI is InChI=1S/C26H31N3O5/c1-3-23-21(16-25(30)31)14-19-6-7-20(15-24(19)34-23)26(32)28(2)22-8-4-18(5-9-22)17-27-29-10-12-33-13-11-29/h4-9,15,17,21,23H,3,10-14,16H2,1-2H3,(H,30,31). The maximum atomic E-state index is 13.2. The Morgan fingerprint density at radius 3 is 2.59 bits per heavy atom. The van der Waals surface area contributed by atoms with Gasteiger partial charge < -0.3 is 19.5 Å². The van der Waals surface area contributed by atoms with Crippen LogP contribution in [0.5, 0.6) is 5.75 Å². The molecule has 4 rings (SSSR count). The number of hydrogen-bond acceptors (Lipinski definition) is 6. The second-order valence-electron chi connectivity index (χ2n) is 8.72. The summed E-state index contributed by atoms with van der Waals surface area (Å²) >= 11 is 0. The third-order valence-corrected chi connectivity index (χ3v) is 6.38. The van der Waals surface area contributed by atoms with Crippen molar-refractivity contribution in [2.75, 3.05) is 38.3 Å². The predicted octanol–water partition coefficient (Wildman–Crippen LogP) is 3.43. The van der Waals surface area contributed by atoms with Gasteiger partial charge in [-0.25, -0.2) is 0 Å². The zero-order valence-electron chi connectivity index (χ0n) is 19.6. The first-order valence-electron chi connectivity index (χ1n) is 11.7. The van der Waals surface area contributed by atoms with Crippen molar-refractivity contribution in [1.82, 2.24) is 5.01 Å². The van der Waals surface area contributed by atoms with Gasteiger partial charge in [-0.1, -0.05) is 25.1 Å². The summed E-state index contributed by atoms with van der Waals surface area (Å²) in [6, 6.07) is 13.1. The number of ether oxygens (including phenoxy) is 2. The molecule has 2 aromatic carbocycles. The van der Waals surface area contributed by atoms with E-state index in [4.69, 9.17) is 9.47 Å². The van der Waals surface area contributed by atoms with Gasteiger partial charge in [0, 0.05) is 24.2 Å². The van der Waals surface area contributed by atoms with Gasteiger partial charge in [0.25, 0.3) is 5.91 Å². The van der Waals surface area contributed by atoms with Crippen LogP contribution in [0.3, 0.4) is 0 Å². The number of anilines is 1. The van der Waals surface area contributed by atoms with Crippen LogP contribution in [0.2, 0.25) is 0 Å². The number of fused-ring (bicyclic) bond motifs is 1. The smallest absolute Gasteiger partial charge is 0.303 e. The molecule has 2 aliphatic heterocycles. The van der Waals surface area contributed by atoms with Crippen molar-refractivity contribution >= 4 is 23.8 Å². The van der Waals surface area contributed by atoms with Crippen molar-refractivity contribution in [1.29, 1.82) is 0 Å². The fourth-order valence-corrected chi connectivity index (χ4v) is 4.40. The first-order valence-corrected chi connectivity index (χ1v) is 11.7. The molecule has 1 N–H and O–H groups in total. The lowest BCUT2D eigenvalue weighted by atomic mass is 9.86. The van der Waals surface area contributed by atoms with Crippen molar-refractivity contribution in [2.45, 2.75) is 32.3 Å². The second kappa shape index (κ2) is 10.7. The lowest BCUT2D eigenvalue weighted by Gasteiger charge is -2.32. The van der Waals surface area contributed by atoms with E-state index in [1.165, 1.54) is 0 Å². The molecule has 0 radical (unpaired) electrons. The summed E-state index contributed by atoms with van der Waals surface area (Å²) in [6.45, 7) is 4.95. The highest BCUT2D eigenvalue weighted by molar-refractivity contribution is 6.06. The molecule has 0 spiro atoms. The van der Waals surface area contributed by atoms with E-state index < -0.39 is 5.97 Å². The van der Waals surface area contributed by atoms with E-state index in [1.54, 1.807) is 24.1 Å². The summed E-state index contributed by atoms with van der Waals surface area (Å²) in [5, 5.41) is 15.7. The number of hydrogen-bond donors (Lipinski definition) is 1. The number of rotatable bonds is 7. The fraction of sp³-hybridized carbons (Fsp3) is 0.423. The third-order valence-electron chi connectivity index (χ3n) is 6.38. The zero-order chi connectivity index (χ0) is 24.1. The van der Waals surface area contributed by atoms with Gasteiger partial charge in [-0.15, -0.1) is 0 Å². The molecule has 8 heteroatoms. The largest absolute Gasteiger partial charge is 0.490 e. The van der Waals surface area contributed by atoms with Crippen LogP contribution in [0, 0.1) is 5.92 Å². The highest BCUT2D eigenvalue weighted by atomic mass is 16.5. The molecule has 2 atom stereocenters. The van der Waals surface area contributed by atoms with Crippen LogP contribution in [0.1, 0.15) is 41.3 Å². The first-order chi connectivity index (χ1) is 16.4. The highest BCUT2D eigenvalue weighted by Crippen LogP contribution is 2.35. The van der Waals surface area contributed by atoms with E-state index in [0.717, 1.165) is 36.3 Å². The summed E-state index contributed by atoms with van der Waals surface area (Å²) in [6.07, 6.45) is 3.08. The van der Waals surface area contributed by atoms with Gasteiger partial charge in [0.15, 0.2) is 0 Å². The van der Waals surface area contributed by atoms with Crippen molar-refractivity contribution in [3.63, 3.8) is 0 Å². The van der Waals surface area contributed by atoms with E-state index in [1.807, 2.05) is 48.5 Å². The SMILES string of the molecule is CCC1Oc2cc(C(=O)N(C)c3ccc(C=NN4CCOCC4)cc3)ccc2CC1CC(=O)O. The van der Waals surface area contributed by atoms with Gasteiger partial charge in [-0.05, 0) is 48.2 Å². The molecule has 2 aromatic rings. The first kappa shape index (κ1) is 23.8. The zero-order valence-corrected chi connectivity index (χ0v) is 19.6. The number of carboxylic acid groups (broad SMARTS) is 1. The monoisotopic (exact) mass is 465 g/mol. The number of carbonyl (C=O) groups is 2. The minimum absolute atomic E-state index is 0.0653. The van der Waals surface area contributed by atoms with E-state index >= 15 is 0 Å². The Morgan fingerprint density at radius 1 is 1.18 bits per heavy atom. The van der Waals surface area contributed by atoms with Gasteiger partial charge in [0.05, 0.1) is 38.9 Å². The average Bonchev–Trinajstić information content (AvgIpc) is 2.86. The summed E-state index contributed by atoms with van der Waals surface area (Å²) < 4.78 is 11.4. The maximum Gasteiger partial charge on any atom is 0.303 e. The van der Waals surface area contributed by atoms with Crippen LogP contribution in [-0.2, 0) is 16.0 Å². The van der Waals surface area contributed by atoms with Crippen molar-refractivity contribution in [3.8, 4) is 5.75 Å². The van der Waals surface area contributed by atoms with Crippen LogP contribution in [0.25, 0.3) is 0 Å². The van der Waals surface area contributed by atoms with Gasteiger partial charge in [-0.3, -0.25) is 14.6 Å². The molecule has 1 fully saturated rings. The van der Waals surface area contributed by atoms with Crippen LogP contribution in [-0.4, -0.2) is 67.7 Å². The Hall–Kier alpha value is -3.39. The number of carbonyl (C=O) groups excluding carboxylic acids is 1. The Kier molecular flexibility index (Phi) is 7.47. The second-order valence-corrected chi connectivity index (χ2v) is 8.72. The molecule has 0 saturated carbocycles. The van der Waals surface area contributed by atoms with E-state index in [-0.39, 0.29) is 24.3 Å². The fourth-order valence-electron chi connectivity index (χ4n) is 4.40. The number of morpholine rings is 1.